The van der Waals surface area contributed by atoms with Gasteiger partial charge >= 0.3 is 5.97 Å². The second kappa shape index (κ2) is 6.50. The summed E-state index contributed by atoms with van der Waals surface area (Å²) < 4.78 is 17.8. The molecular weight excluding hydrogens is 243 g/mol. The van der Waals surface area contributed by atoms with Gasteiger partial charge in [-0.25, -0.2) is 9.18 Å². The molecule has 0 atom stereocenters. The van der Waals surface area contributed by atoms with Crippen LogP contribution in [0.2, 0.25) is 0 Å². The highest BCUT2D eigenvalue weighted by Crippen LogP contribution is 2.05. The zero-order chi connectivity index (χ0) is 13.5. The summed E-state index contributed by atoms with van der Waals surface area (Å²) in [4.78, 5) is 11.5. The Morgan fingerprint density at radius 1 is 1.05 bits per heavy atom. The van der Waals surface area contributed by atoms with E-state index in [1.54, 1.807) is 18.2 Å². The first-order chi connectivity index (χ1) is 9.24. The first-order valence-electron chi connectivity index (χ1n) is 5.88. The van der Waals surface area contributed by atoms with Crippen LogP contribution in [0.15, 0.2) is 60.7 Å². The molecule has 2 aromatic carbocycles. The summed E-state index contributed by atoms with van der Waals surface area (Å²) in [5, 5.41) is 0. The maximum absolute atomic E-state index is 12.7. The molecule has 0 amide bonds. The maximum Gasteiger partial charge on any atom is 0.331 e. The average Bonchev–Trinajstić information content (AvgIpc) is 2.45. The molecule has 3 heteroatoms. The molecule has 0 saturated carbocycles. The number of esters is 1. The summed E-state index contributed by atoms with van der Waals surface area (Å²) in [7, 11) is 0. The summed E-state index contributed by atoms with van der Waals surface area (Å²) in [6.45, 7) is 0.243. The van der Waals surface area contributed by atoms with Gasteiger partial charge in [0.25, 0.3) is 0 Å². The van der Waals surface area contributed by atoms with Crippen molar-refractivity contribution in [1.29, 1.82) is 0 Å². The van der Waals surface area contributed by atoms with Crippen molar-refractivity contribution in [2.45, 2.75) is 6.61 Å². The minimum absolute atomic E-state index is 0.243. The highest BCUT2D eigenvalue weighted by Gasteiger charge is 1.98. The Kier molecular flexibility index (Phi) is 4.45. The van der Waals surface area contributed by atoms with Gasteiger partial charge in [0.15, 0.2) is 0 Å². The Morgan fingerprint density at radius 2 is 1.74 bits per heavy atom. The minimum atomic E-state index is -0.423. The molecule has 96 valence electrons. The highest BCUT2D eigenvalue weighted by molar-refractivity contribution is 5.87. The van der Waals surface area contributed by atoms with E-state index in [9.17, 15) is 9.18 Å². The van der Waals surface area contributed by atoms with Crippen LogP contribution >= 0.6 is 0 Å². The molecular formula is C16H13FO2. The number of carbonyl (C=O) groups is 1. The number of benzene rings is 2. The van der Waals surface area contributed by atoms with E-state index in [0.29, 0.717) is 0 Å². The van der Waals surface area contributed by atoms with Gasteiger partial charge in [0.1, 0.15) is 12.4 Å². The lowest BCUT2D eigenvalue weighted by molar-refractivity contribution is -0.138. The van der Waals surface area contributed by atoms with E-state index in [2.05, 4.69) is 0 Å². The number of hydrogen-bond donors (Lipinski definition) is 0. The molecule has 0 N–H and O–H groups in total. The van der Waals surface area contributed by atoms with Crippen molar-refractivity contribution in [2.24, 2.45) is 0 Å². The quantitative estimate of drug-likeness (QED) is 0.617. The van der Waals surface area contributed by atoms with Gasteiger partial charge in [-0.15, -0.1) is 0 Å². The van der Waals surface area contributed by atoms with Crippen molar-refractivity contribution in [3.63, 3.8) is 0 Å². The Labute approximate surface area is 111 Å². The second-order valence-corrected chi connectivity index (χ2v) is 3.98. The Morgan fingerprint density at radius 3 is 2.42 bits per heavy atom. The molecule has 0 aromatic heterocycles. The molecule has 2 nitrogen and oxygen atoms in total. The summed E-state index contributed by atoms with van der Waals surface area (Å²) in [6.07, 6.45) is 2.92. The fourth-order valence-corrected chi connectivity index (χ4v) is 1.51. The number of halogens is 1. The van der Waals surface area contributed by atoms with Gasteiger partial charge in [-0.2, -0.15) is 0 Å². The van der Waals surface area contributed by atoms with E-state index in [-0.39, 0.29) is 12.4 Å². The van der Waals surface area contributed by atoms with E-state index in [0.717, 1.165) is 11.1 Å². The third-order valence-corrected chi connectivity index (χ3v) is 2.51. The van der Waals surface area contributed by atoms with Crippen molar-refractivity contribution in [2.75, 3.05) is 0 Å². The molecule has 0 aliphatic carbocycles. The lowest BCUT2D eigenvalue weighted by atomic mass is 10.2. The van der Waals surface area contributed by atoms with Crippen molar-refractivity contribution < 1.29 is 13.9 Å². The molecule has 2 rings (SSSR count). The number of hydrogen-bond acceptors (Lipinski definition) is 2. The van der Waals surface area contributed by atoms with E-state index < -0.39 is 5.97 Å². The third-order valence-electron chi connectivity index (χ3n) is 2.51. The monoisotopic (exact) mass is 256 g/mol. The molecule has 0 aliphatic heterocycles. The predicted octanol–water partition coefficient (Wildman–Crippen LogP) is 3.58. The average molecular weight is 256 g/mol. The zero-order valence-electron chi connectivity index (χ0n) is 10.3. The van der Waals surface area contributed by atoms with Crippen molar-refractivity contribution >= 4 is 12.0 Å². The molecule has 0 fully saturated rings. The minimum Gasteiger partial charge on any atom is -0.458 e. The van der Waals surface area contributed by atoms with Crippen LogP contribution in [0, 0.1) is 5.82 Å². The summed E-state index contributed by atoms with van der Waals surface area (Å²) in [5.41, 5.74) is 1.68. The van der Waals surface area contributed by atoms with Gasteiger partial charge in [0.05, 0.1) is 0 Å². The number of carbonyl (C=O) groups excluding carboxylic acids is 1. The first-order valence-corrected chi connectivity index (χ1v) is 5.88. The molecule has 0 heterocycles. The smallest absolute Gasteiger partial charge is 0.331 e. The third kappa shape index (κ3) is 4.39. The molecule has 19 heavy (non-hydrogen) atoms. The van der Waals surface area contributed by atoms with Crippen LogP contribution in [0.5, 0.6) is 0 Å². The first kappa shape index (κ1) is 13.0. The van der Waals surface area contributed by atoms with Crippen LogP contribution in [0.3, 0.4) is 0 Å². The molecule has 0 unspecified atom stereocenters. The van der Waals surface area contributed by atoms with Gasteiger partial charge in [0.2, 0.25) is 0 Å². The molecule has 2 aromatic rings. The van der Waals surface area contributed by atoms with Crippen molar-refractivity contribution in [1.82, 2.24) is 0 Å². The standard InChI is InChI=1S/C16H13FO2/c17-15-9-6-13(7-10-15)8-11-16(18)19-12-14-4-2-1-3-5-14/h1-11H,12H2. The molecule has 0 bridgehead atoms. The van der Waals surface area contributed by atoms with Gasteiger partial charge in [-0.05, 0) is 29.3 Å². The largest absolute Gasteiger partial charge is 0.458 e. The van der Waals surface area contributed by atoms with Crippen LogP contribution in [-0.2, 0) is 16.1 Å². The van der Waals surface area contributed by atoms with E-state index in [1.165, 1.54) is 18.2 Å². The van der Waals surface area contributed by atoms with E-state index in [4.69, 9.17) is 4.74 Å². The summed E-state index contributed by atoms with van der Waals surface area (Å²) >= 11 is 0. The lowest BCUT2D eigenvalue weighted by Crippen LogP contribution is -2.00. The van der Waals surface area contributed by atoms with Crippen molar-refractivity contribution in [3.8, 4) is 0 Å². The van der Waals surface area contributed by atoms with Crippen LogP contribution in [0.25, 0.3) is 6.08 Å². The van der Waals surface area contributed by atoms with Crippen LogP contribution in [-0.4, -0.2) is 5.97 Å². The van der Waals surface area contributed by atoms with Crippen LogP contribution in [0.1, 0.15) is 11.1 Å². The van der Waals surface area contributed by atoms with Gasteiger partial charge < -0.3 is 4.74 Å². The second-order valence-electron chi connectivity index (χ2n) is 3.98. The van der Waals surface area contributed by atoms with Crippen molar-refractivity contribution in [3.05, 3.63) is 77.6 Å². The fourth-order valence-electron chi connectivity index (χ4n) is 1.51. The normalized spacial score (nSPS) is 10.6. The number of rotatable bonds is 4. The highest BCUT2D eigenvalue weighted by atomic mass is 19.1. The summed E-state index contributed by atoms with van der Waals surface area (Å²) in [6, 6.07) is 15.3. The summed E-state index contributed by atoms with van der Waals surface area (Å²) in [5.74, 6) is -0.725. The number of ether oxygens (including phenoxy) is 1. The fraction of sp³-hybridized carbons (Fsp3) is 0.0625. The van der Waals surface area contributed by atoms with E-state index in [1.807, 2.05) is 30.3 Å². The Bertz CT molecular complexity index is 559. The lowest BCUT2D eigenvalue weighted by Gasteiger charge is -2.01. The Balaban J connectivity index is 1.86. The van der Waals surface area contributed by atoms with E-state index >= 15 is 0 Å². The molecule has 0 spiro atoms. The Hall–Kier alpha value is -2.42. The van der Waals surface area contributed by atoms with Gasteiger partial charge in [-0.3, -0.25) is 0 Å². The SMILES string of the molecule is O=C(C=Cc1ccc(F)cc1)OCc1ccccc1. The van der Waals surface area contributed by atoms with Gasteiger partial charge in [-0.1, -0.05) is 42.5 Å². The topological polar surface area (TPSA) is 26.3 Å². The van der Waals surface area contributed by atoms with Gasteiger partial charge in [0, 0.05) is 6.08 Å². The zero-order valence-corrected chi connectivity index (χ0v) is 10.3. The van der Waals surface area contributed by atoms with Crippen LogP contribution in [0.4, 0.5) is 4.39 Å². The molecule has 0 aliphatic rings. The molecule has 0 saturated heterocycles. The predicted molar refractivity (Wildman–Crippen MR) is 71.7 cm³/mol. The maximum atomic E-state index is 12.7. The molecule has 0 radical (unpaired) electrons. The van der Waals surface area contributed by atoms with Crippen LogP contribution < -0.4 is 0 Å².